The van der Waals surface area contributed by atoms with Gasteiger partial charge in [0, 0.05) is 16.7 Å². The SMILES string of the molecule is CON=C(C(=O)N[C@@H]1C(=O)N2C(C(=O)O)=C(C[n+]3ccc(N)n3C)CS[C@H]12)c1csc(N)n1. The van der Waals surface area contributed by atoms with Crippen LogP contribution in [0.2, 0.25) is 0 Å². The summed E-state index contributed by atoms with van der Waals surface area (Å²) < 4.78 is 3.44. The Balaban J connectivity index is 1.54. The summed E-state index contributed by atoms with van der Waals surface area (Å²) in [5, 5.41) is 17.4. The lowest BCUT2D eigenvalue weighted by Crippen LogP contribution is -2.71. The summed E-state index contributed by atoms with van der Waals surface area (Å²) in [6.07, 6.45) is 1.74. The molecule has 2 amide bonds. The summed E-state index contributed by atoms with van der Waals surface area (Å²) in [4.78, 5) is 47.7. The first kappa shape index (κ1) is 22.6. The molecule has 0 unspecified atom stereocenters. The van der Waals surface area contributed by atoms with E-state index in [1.54, 1.807) is 34.1 Å². The van der Waals surface area contributed by atoms with E-state index in [1.807, 2.05) is 0 Å². The molecule has 2 aromatic rings. The number of nitrogen functional groups attached to an aromatic ring is 2. The van der Waals surface area contributed by atoms with E-state index in [2.05, 4.69) is 15.5 Å². The second-order valence-electron chi connectivity index (χ2n) is 7.17. The number of rotatable bonds is 7. The summed E-state index contributed by atoms with van der Waals surface area (Å²) in [5.41, 5.74) is 12.0. The fraction of sp³-hybridized carbons (Fsp3) is 0.333. The van der Waals surface area contributed by atoms with E-state index in [0.29, 0.717) is 17.1 Å². The highest BCUT2D eigenvalue weighted by molar-refractivity contribution is 8.00. The van der Waals surface area contributed by atoms with Crippen LogP contribution < -0.4 is 21.5 Å². The van der Waals surface area contributed by atoms with Gasteiger partial charge in [0.15, 0.2) is 29.4 Å². The van der Waals surface area contributed by atoms with E-state index in [0.717, 1.165) is 11.3 Å². The van der Waals surface area contributed by atoms with Crippen molar-refractivity contribution in [2.45, 2.75) is 18.0 Å². The number of aliphatic carboxylic acids is 1. The third kappa shape index (κ3) is 4.00. The van der Waals surface area contributed by atoms with Gasteiger partial charge >= 0.3 is 5.97 Å². The predicted octanol–water partition coefficient (Wildman–Crippen LogP) is -1.28. The average Bonchev–Trinajstić information content (AvgIpc) is 3.35. The van der Waals surface area contributed by atoms with Crippen LogP contribution in [0.1, 0.15) is 5.69 Å². The van der Waals surface area contributed by atoms with Crippen LogP contribution in [0.5, 0.6) is 0 Å². The van der Waals surface area contributed by atoms with E-state index < -0.39 is 29.2 Å². The highest BCUT2D eigenvalue weighted by Crippen LogP contribution is 2.40. The highest BCUT2D eigenvalue weighted by Gasteiger charge is 2.55. The van der Waals surface area contributed by atoms with Crippen molar-refractivity contribution in [1.82, 2.24) is 19.9 Å². The molecule has 2 aliphatic heterocycles. The van der Waals surface area contributed by atoms with E-state index in [-0.39, 0.29) is 28.8 Å². The van der Waals surface area contributed by atoms with Crippen molar-refractivity contribution in [3.63, 3.8) is 0 Å². The summed E-state index contributed by atoms with van der Waals surface area (Å²) in [7, 11) is 3.03. The molecule has 1 saturated heterocycles. The molecule has 13 nitrogen and oxygen atoms in total. The summed E-state index contributed by atoms with van der Waals surface area (Å²) in [6, 6.07) is 0.782. The Morgan fingerprint density at radius 2 is 2.21 bits per heavy atom. The van der Waals surface area contributed by atoms with Crippen molar-refractivity contribution in [3.05, 3.63) is 34.6 Å². The number of hydrogen-bond donors (Lipinski definition) is 4. The Bertz CT molecular complexity index is 1200. The second kappa shape index (κ2) is 8.74. The van der Waals surface area contributed by atoms with Crippen LogP contribution in [0.3, 0.4) is 0 Å². The van der Waals surface area contributed by atoms with Gasteiger partial charge in [-0.05, 0) is 0 Å². The van der Waals surface area contributed by atoms with Gasteiger partial charge in [-0.15, -0.1) is 32.5 Å². The number of carboxylic acids is 1. The summed E-state index contributed by atoms with van der Waals surface area (Å²) in [6.45, 7) is 0.256. The lowest BCUT2D eigenvalue weighted by atomic mass is 10.0. The largest absolute Gasteiger partial charge is 0.477 e. The van der Waals surface area contributed by atoms with Gasteiger partial charge in [0.25, 0.3) is 11.8 Å². The summed E-state index contributed by atoms with van der Waals surface area (Å²) in [5.74, 6) is -1.53. The zero-order chi connectivity index (χ0) is 23.9. The maximum Gasteiger partial charge on any atom is 0.352 e. The van der Waals surface area contributed by atoms with Gasteiger partial charge in [0.1, 0.15) is 29.9 Å². The Morgan fingerprint density at radius 1 is 1.45 bits per heavy atom. The van der Waals surface area contributed by atoms with E-state index in [1.165, 1.54) is 23.8 Å². The molecule has 33 heavy (non-hydrogen) atoms. The molecule has 4 rings (SSSR count). The third-order valence-corrected chi connectivity index (χ3v) is 7.24. The molecule has 2 aromatic heterocycles. The van der Waals surface area contributed by atoms with Gasteiger partial charge in [-0.3, -0.25) is 14.5 Å². The van der Waals surface area contributed by atoms with Gasteiger partial charge in [-0.2, -0.15) is 0 Å². The molecule has 0 saturated carbocycles. The fourth-order valence-electron chi connectivity index (χ4n) is 3.58. The molecule has 0 bridgehead atoms. The molecule has 0 aromatic carbocycles. The predicted molar refractivity (Wildman–Crippen MR) is 120 cm³/mol. The van der Waals surface area contributed by atoms with Crippen molar-refractivity contribution in [1.29, 1.82) is 0 Å². The lowest BCUT2D eigenvalue weighted by Gasteiger charge is -2.49. The number of fused-ring (bicyclic) bond motifs is 1. The maximum absolute atomic E-state index is 12.9. The van der Waals surface area contributed by atoms with Gasteiger partial charge in [0.05, 0.1) is 13.1 Å². The quantitative estimate of drug-likeness (QED) is 0.158. The van der Waals surface area contributed by atoms with Gasteiger partial charge in [0.2, 0.25) is 0 Å². The number of nitrogens with one attached hydrogen (secondary N) is 1. The number of aromatic nitrogens is 3. The van der Waals surface area contributed by atoms with E-state index in [4.69, 9.17) is 16.3 Å². The van der Waals surface area contributed by atoms with Gasteiger partial charge in [-0.25, -0.2) is 9.78 Å². The smallest absolute Gasteiger partial charge is 0.352 e. The molecule has 2 atom stereocenters. The highest BCUT2D eigenvalue weighted by atomic mass is 32.2. The molecule has 0 radical (unpaired) electrons. The molecule has 15 heteroatoms. The molecular weight excluding hydrogens is 472 g/mol. The Kier molecular flexibility index (Phi) is 5.99. The molecule has 2 aliphatic rings. The first-order valence-corrected chi connectivity index (χ1v) is 11.5. The van der Waals surface area contributed by atoms with E-state index >= 15 is 0 Å². The van der Waals surface area contributed by atoms with Crippen LogP contribution in [0, 0.1) is 0 Å². The van der Waals surface area contributed by atoms with Crippen molar-refractivity contribution in [3.8, 4) is 0 Å². The molecule has 0 spiro atoms. The average molecular weight is 494 g/mol. The molecule has 174 valence electrons. The lowest BCUT2D eigenvalue weighted by molar-refractivity contribution is -0.765. The van der Waals surface area contributed by atoms with Crippen molar-refractivity contribution in [2.24, 2.45) is 12.2 Å². The number of carbonyl (C=O) groups excluding carboxylic acids is 2. The summed E-state index contributed by atoms with van der Waals surface area (Å²) >= 11 is 2.49. The van der Waals surface area contributed by atoms with E-state index in [9.17, 15) is 19.5 Å². The minimum atomic E-state index is -1.21. The van der Waals surface area contributed by atoms with Crippen LogP contribution in [-0.4, -0.2) is 67.4 Å². The monoisotopic (exact) mass is 493 g/mol. The number of β-lactam (4-membered cyclic amide) rings is 1. The second-order valence-corrected chi connectivity index (χ2v) is 9.17. The maximum atomic E-state index is 12.9. The molecular formula is C18H21N8O5S2+. The van der Waals surface area contributed by atoms with Crippen LogP contribution >= 0.6 is 23.1 Å². The molecule has 0 aliphatic carbocycles. The number of anilines is 2. The number of hydrogen-bond acceptors (Lipinski definition) is 10. The Labute approximate surface area is 195 Å². The van der Waals surface area contributed by atoms with Gasteiger partial charge in [-0.1, -0.05) is 5.16 Å². The number of carbonyl (C=O) groups is 3. The van der Waals surface area contributed by atoms with Crippen molar-refractivity contribution in [2.75, 3.05) is 24.3 Å². The number of nitrogens with two attached hydrogens (primary N) is 2. The Hall–Kier alpha value is -3.59. The zero-order valence-electron chi connectivity index (χ0n) is 17.6. The van der Waals surface area contributed by atoms with Crippen LogP contribution in [0.25, 0.3) is 0 Å². The molecule has 6 N–H and O–H groups in total. The minimum Gasteiger partial charge on any atom is -0.477 e. The van der Waals surface area contributed by atoms with Crippen molar-refractivity contribution >= 4 is 57.5 Å². The van der Waals surface area contributed by atoms with Gasteiger partial charge < -0.3 is 26.7 Å². The van der Waals surface area contributed by atoms with Crippen LogP contribution in [0.4, 0.5) is 10.9 Å². The number of amides is 2. The Morgan fingerprint density at radius 3 is 2.79 bits per heavy atom. The number of thiazole rings is 1. The topological polar surface area (TPSA) is 182 Å². The number of carboxylic acid groups (broad SMARTS) is 1. The van der Waals surface area contributed by atoms with Crippen LogP contribution in [-0.2, 0) is 32.8 Å². The molecule has 4 heterocycles. The van der Waals surface area contributed by atoms with Crippen LogP contribution in [0.15, 0.2) is 34.1 Å². The number of nitrogens with zero attached hydrogens (tertiary/aromatic N) is 5. The zero-order valence-corrected chi connectivity index (χ0v) is 19.2. The third-order valence-electron chi connectivity index (χ3n) is 5.23. The number of thioether (sulfide) groups is 1. The number of oxime groups is 1. The first-order chi connectivity index (χ1) is 15.7. The van der Waals surface area contributed by atoms with Crippen molar-refractivity contribution < 1.29 is 29.0 Å². The standard InChI is InChI=1S/C18H20N8O5S2/c1-24-10(19)3-4-25(24)5-8-6-32-16-12(15(28)26(16)13(8)17(29)30)22-14(27)11(23-31-2)9-7-33-18(20)21-9/h3-4,7,12,16,19H,5-6H2,1-2H3,(H4,20,21,22,27,29,30)/p+1/t12-,16-/m1/s1. The fourth-order valence-corrected chi connectivity index (χ4v) is 5.46. The first-order valence-electron chi connectivity index (χ1n) is 9.57. The normalized spacial score (nSPS) is 20.4. The molecule has 1 fully saturated rings. The minimum absolute atomic E-state index is 0.0837.